The minimum Gasteiger partial charge on any atom is -0.446 e. The Morgan fingerprint density at radius 2 is 2.00 bits per heavy atom. The highest BCUT2D eigenvalue weighted by atomic mass is 16.6. The average Bonchev–Trinajstić information content (AvgIpc) is 3.44. The molecule has 1 aliphatic heterocycles. The molecule has 9 nitrogen and oxygen atoms in total. The Morgan fingerprint density at radius 1 is 1.21 bits per heavy atom. The maximum absolute atomic E-state index is 12.8. The zero-order valence-corrected chi connectivity index (χ0v) is 16.5. The van der Waals surface area contributed by atoms with E-state index in [-0.39, 0.29) is 30.0 Å². The maximum Gasteiger partial charge on any atom is 0.410 e. The predicted molar refractivity (Wildman–Crippen MR) is 107 cm³/mol. The van der Waals surface area contributed by atoms with Crippen LogP contribution >= 0.6 is 0 Å². The second-order valence-electron chi connectivity index (χ2n) is 7.75. The van der Waals surface area contributed by atoms with E-state index in [4.69, 9.17) is 10.5 Å². The minimum absolute atomic E-state index is 0.0391. The van der Waals surface area contributed by atoms with Crippen LogP contribution in [0.4, 0.5) is 10.6 Å². The molecule has 0 radical (unpaired) electrons. The van der Waals surface area contributed by atoms with Crippen molar-refractivity contribution in [2.24, 2.45) is 7.05 Å². The summed E-state index contributed by atoms with van der Waals surface area (Å²) in [7, 11) is 1.82. The Balaban J connectivity index is 1.37. The summed E-state index contributed by atoms with van der Waals surface area (Å²) in [6.07, 6.45) is 9.73. The number of hydrogen-bond donors (Lipinski definition) is 2. The highest BCUT2D eigenvalue weighted by Gasteiger charge is 2.31. The third kappa shape index (κ3) is 4.33. The lowest BCUT2D eigenvalue weighted by Crippen LogP contribution is -2.39. The molecule has 9 heteroatoms. The van der Waals surface area contributed by atoms with E-state index in [2.05, 4.69) is 15.4 Å². The summed E-state index contributed by atoms with van der Waals surface area (Å²) in [5, 5.41) is 7.11. The number of aromatic nitrogens is 3. The number of amides is 2. The summed E-state index contributed by atoms with van der Waals surface area (Å²) < 4.78 is 7.24. The van der Waals surface area contributed by atoms with Gasteiger partial charge < -0.3 is 20.7 Å². The predicted octanol–water partition coefficient (Wildman–Crippen LogP) is 1.95. The number of nitrogens with one attached hydrogen (secondary N) is 1. The van der Waals surface area contributed by atoms with E-state index >= 15 is 0 Å². The standard InChI is InChI=1S/C20H26N6O3/c1-25-11-14(10-23-25)13-8-17(18(21)22-9-13)19(27)24-15-6-7-26(12-15)20(28)29-16-4-2-3-5-16/h8-11,15-16H,2-7,12H2,1H3,(H2,21,22)(H,24,27)/t15-/m1/s1. The van der Waals surface area contributed by atoms with Crippen LogP contribution in [0.3, 0.4) is 0 Å². The van der Waals surface area contributed by atoms with E-state index in [1.54, 1.807) is 28.0 Å². The molecule has 0 spiro atoms. The van der Waals surface area contributed by atoms with Crippen molar-refractivity contribution in [1.82, 2.24) is 25.0 Å². The van der Waals surface area contributed by atoms with Crippen molar-refractivity contribution in [1.29, 1.82) is 0 Å². The lowest BCUT2D eigenvalue weighted by Gasteiger charge is -2.20. The van der Waals surface area contributed by atoms with Crippen molar-refractivity contribution < 1.29 is 14.3 Å². The van der Waals surface area contributed by atoms with E-state index < -0.39 is 0 Å². The summed E-state index contributed by atoms with van der Waals surface area (Å²) in [6, 6.07) is 1.58. The van der Waals surface area contributed by atoms with Gasteiger partial charge in [0.2, 0.25) is 0 Å². The fraction of sp³-hybridized carbons (Fsp3) is 0.500. The molecule has 154 valence electrons. The van der Waals surface area contributed by atoms with Crippen LogP contribution < -0.4 is 11.1 Å². The number of likely N-dealkylation sites (tertiary alicyclic amines) is 1. The van der Waals surface area contributed by atoms with Gasteiger partial charge in [-0.2, -0.15) is 5.10 Å². The number of ether oxygens (including phenoxy) is 1. The van der Waals surface area contributed by atoms with E-state index in [1.165, 1.54) is 0 Å². The molecular weight excluding hydrogens is 372 g/mol. The summed E-state index contributed by atoms with van der Waals surface area (Å²) in [6.45, 7) is 1.01. The molecule has 1 atom stereocenters. The van der Waals surface area contributed by atoms with Gasteiger partial charge in [-0.1, -0.05) is 0 Å². The van der Waals surface area contributed by atoms with Gasteiger partial charge in [-0.25, -0.2) is 9.78 Å². The molecule has 0 bridgehead atoms. The van der Waals surface area contributed by atoms with Crippen molar-refractivity contribution in [2.75, 3.05) is 18.8 Å². The summed E-state index contributed by atoms with van der Waals surface area (Å²) in [5.41, 5.74) is 7.88. The van der Waals surface area contributed by atoms with Gasteiger partial charge in [0.05, 0.1) is 11.8 Å². The lowest BCUT2D eigenvalue weighted by molar-refractivity contribution is 0.0704. The number of rotatable bonds is 4. The zero-order chi connectivity index (χ0) is 20.4. The number of hydrogen-bond acceptors (Lipinski definition) is 6. The number of carbonyl (C=O) groups excluding carboxylic acids is 2. The van der Waals surface area contributed by atoms with Crippen LogP contribution in [-0.2, 0) is 11.8 Å². The summed E-state index contributed by atoms with van der Waals surface area (Å²) in [5.74, 6) is -0.123. The van der Waals surface area contributed by atoms with Gasteiger partial charge in [-0.05, 0) is 38.2 Å². The molecule has 2 fully saturated rings. The van der Waals surface area contributed by atoms with Crippen LogP contribution in [0, 0.1) is 0 Å². The quantitative estimate of drug-likeness (QED) is 0.813. The fourth-order valence-electron chi connectivity index (χ4n) is 3.92. The second kappa shape index (κ2) is 8.10. The molecule has 2 amide bonds. The van der Waals surface area contributed by atoms with Gasteiger partial charge >= 0.3 is 6.09 Å². The highest BCUT2D eigenvalue weighted by Crippen LogP contribution is 2.24. The fourth-order valence-corrected chi connectivity index (χ4v) is 3.92. The van der Waals surface area contributed by atoms with Gasteiger partial charge in [0.25, 0.3) is 5.91 Å². The normalized spacial score (nSPS) is 19.5. The SMILES string of the molecule is Cn1cc(-c2cnc(N)c(C(=O)N[C@@H]3CCN(C(=O)OC4CCCC4)C3)c2)cn1. The Hall–Kier alpha value is -3.10. The van der Waals surface area contributed by atoms with Gasteiger partial charge in [0.15, 0.2) is 0 Å². The number of pyridine rings is 1. The minimum atomic E-state index is -0.295. The first kappa shape index (κ1) is 19.2. The first-order chi connectivity index (χ1) is 14.0. The van der Waals surface area contributed by atoms with E-state index in [1.807, 2.05) is 13.2 Å². The molecule has 0 unspecified atom stereocenters. The molecule has 2 aliphatic rings. The van der Waals surface area contributed by atoms with Crippen molar-refractivity contribution in [3.8, 4) is 11.1 Å². The van der Waals surface area contributed by atoms with Crippen molar-refractivity contribution in [2.45, 2.75) is 44.2 Å². The Bertz CT molecular complexity index is 905. The number of nitrogens with zero attached hydrogens (tertiary/aromatic N) is 4. The van der Waals surface area contributed by atoms with Crippen molar-refractivity contribution >= 4 is 17.8 Å². The number of nitrogen functional groups attached to an aromatic ring is 1. The van der Waals surface area contributed by atoms with Crippen LogP contribution in [0.5, 0.6) is 0 Å². The molecular formula is C20H26N6O3. The lowest BCUT2D eigenvalue weighted by atomic mass is 10.1. The maximum atomic E-state index is 12.8. The molecule has 3 heterocycles. The Kier molecular flexibility index (Phi) is 5.37. The van der Waals surface area contributed by atoms with E-state index in [0.29, 0.717) is 25.1 Å². The van der Waals surface area contributed by atoms with Crippen LogP contribution in [0.1, 0.15) is 42.5 Å². The average molecular weight is 398 g/mol. The monoisotopic (exact) mass is 398 g/mol. The zero-order valence-electron chi connectivity index (χ0n) is 16.5. The van der Waals surface area contributed by atoms with E-state index in [9.17, 15) is 9.59 Å². The summed E-state index contributed by atoms with van der Waals surface area (Å²) in [4.78, 5) is 30.9. The molecule has 4 rings (SSSR count). The largest absolute Gasteiger partial charge is 0.446 e. The first-order valence-corrected chi connectivity index (χ1v) is 10.0. The van der Waals surface area contributed by atoms with Crippen LogP contribution in [0.25, 0.3) is 11.1 Å². The number of carbonyl (C=O) groups is 2. The molecule has 1 aliphatic carbocycles. The second-order valence-corrected chi connectivity index (χ2v) is 7.75. The van der Waals surface area contributed by atoms with Gasteiger partial charge in [0, 0.05) is 49.7 Å². The molecule has 2 aromatic heterocycles. The molecule has 29 heavy (non-hydrogen) atoms. The number of anilines is 1. The number of nitrogens with two attached hydrogens (primary N) is 1. The van der Waals surface area contributed by atoms with Gasteiger partial charge in [-0.3, -0.25) is 9.48 Å². The molecule has 3 N–H and O–H groups in total. The third-order valence-electron chi connectivity index (χ3n) is 5.55. The molecule has 0 aromatic carbocycles. The number of aryl methyl sites for hydroxylation is 1. The molecule has 1 saturated heterocycles. The topological polar surface area (TPSA) is 115 Å². The smallest absolute Gasteiger partial charge is 0.410 e. The highest BCUT2D eigenvalue weighted by molar-refractivity contribution is 5.99. The Morgan fingerprint density at radius 3 is 2.72 bits per heavy atom. The van der Waals surface area contributed by atoms with Crippen LogP contribution in [0.15, 0.2) is 24.7 Å². The van der Waals surface area contributed by atoms with Crippen molar-refractivity contribution in [3.05, 3.63) is 30.2 Å². The van der Waals surface area contributed by atoms with Crippen LogP contribution in [-0.4, -0.2) is 56.9 Å². The van der Waals surface area contributed by atoms with Crippen molar-refractivity contribution in [3.63, 3.8) is 0 Å². The Labute approximate surface area is 169 Å². The van der Waals surface area contributed by atoms with E-state index in [0.717, 1.165) is 36.8 Å². The summed E-state index contributed by atoms with van der Waals surface area (Å²) >= 11 is 0. The molecule has 1 saturated carbocycles. The molecule has 2 aromatic rings. The van der Waals surface area contributed by atoms with Crippen LogP contribution in [0.2, 0.25) is 0 Å². The first-order valence-electron chi connectivity index (χ1n) is 10.0. The van der Waals surface area contributed by atoms with Gasteiger partial charge in [0.1, 0.15) is 11.9 Å². The van der Waals surface area contributed by atoms with Gasteiger partial charge in [-0.15, -0.1) is 0 Å². The third-order valence-corrected chi connectivity index (χ3v) is 5.55.